The van der Waals surface area contributed by atoms with Gasteiger partial charge in [0, 0.05) is 0 Å². The van der Waals surface area contributed by atoms with Crippen LogP contribution in [-0.4, -0.2) is 35.4 Å². The van der Waals surface area contributed by atoms with E-state index in [1.807, 2.05) is 19.9 Å². The third-order valence-electron chi connectivity index (χ3n) is 2.90. The second-order valence-corrected chi connectivity index (χ2v) is 4.92. The van der Waals surface area contributed by atoms with Gasteiger partial charge in [0.15, 0.2) is 0 Å². The minimum Gasteiger partial charge on any atom is -0.472 e. The van der Waals surface area contributed by atoms with Crippen molar-refractivity contribution in [3.05, 3.63) is 11.6 Å². The lowest BCUT2D eigenvalue weighted by Gasteiger charge is -2.35. The van der Waals surface area contributed by atoms with E-state index in [0.29, 0.717) is 12.8 Å². The van der Waals surface area contributed by atoms with Gasteiger partial charge in [-0.3, -0.25) is 0 Å². The summed E-state index contributed by atoms with van der Waals surface area (Å²) in [5, 5.41) is 9.76. The summed E-state index contributed by atoms with van der Waals surface area (Å²) >= 11 is 0. The molecule has 1 aliphatic rings. The van der Waals surface area contributed by atoms with Gasteiger partial charge in [-0.25, -0.2) is 4.99 Å². The van der Waals surface area contributed by atoms with Crippen molar-refractivity contribution >= 4 is 5.90 Å². The predicted octanol–water partition coefficient (Wildman–Crippen LogP) is 2.84. The van der Waals surface area contributed by atoms with Gasteiger partial charge in [-0.15, -0.1) is 0 Å². The zero-order valence-corrected chi connectivity index (χ0v) is 10.7. The Morgan fingerprint density at radius 3 is 2.67 bits per heavy atom. The largest absolute Gasteiger partial charge is 0.472 e. The molecule has 0 bridgehead atoms. The van der Waals surface area contributed by atoms with Gasteiger partial charge in [-0.05, 0) is 33.6 Å². The van der Waals surface area contributed by atoms with Gasteiger partial charge >= 0.3 is 6.18 Å². The third kappa shape index (κ3) is 3.73. The number of hydrogen-bond donors (Lipinski definition) is 1. The molecule has 0 amide bonds. The third-order valence-corrected chi connectivity index (χ3v) is 2.90. The van der Waals surface area contributed by atoms with E-state index in [2.05, 4.69) is 9.73 Å². The van der Waals surface area contributed by atoms with E-state index in [4.69, 9.17) is 0 Å². The molecule has 1 rings (SSSR count). The van der Waals surface area contributed by atoms with E-state index >= 15 is 0 Å². The fraction of sp³-hybridized carbons (Fsp3) is 0.750. The van der Waals surface area contributed by atoms with Crippen LogP contribution in [0.5, 0.6) is 0 Å². The van der Waals surface area contributed by atoms with E-state index < -0.39 is 23.7 Å². The Bertz CT molecular complexity index is 359. The molecular weight excluding hydrogens is 247 g/mol. The van der Waals surface area contributed by atoms with E-state index in [1.54, 1.807) is 0 Å². The topological polar surface area (TPSA) is 41.8 Å². The number of halogens is 3. The normalized spacial score (nSPS) is 28.4. The first kappa shape index (κ1) is 15.0. The zero-order valence-electron chi connectivity index (χ0n) is 10.7. The molecule has 18 heavy (non-hydrogen) atoms. The zero-order chi connectivity index (χ0) is 14.0. The first-order valence-electron chi connectivity index (χ1n) is 5.76. The molecule has 0 aromatic carbocycles. The highest BCUT2D eigenvalue weighted by atomic mass is 19.4. The van der Waals surface area contributed by atoms with Crippen LogP contribution in [-0.2, 0) is 4.74 Å². The van der Waals surface area contributed by atoms with Crippen molar-refractivity contribution < 1.29 is 23.0 Å². The fourth-order valence-electron chi connectivity index (χ4n) is 1.70. The lowest BCUT2D eigenvalue weighted by molar-refractivity contribution is -0.0924. The van der Waals surface area contributed by atoms with Crippen molar-refractivity contribution in [1.29, 1.82) is 0 Å². The van der Waals surface area contributed by atoms with Crippen LogP contribution in [0.15, 0.2) is 16.6 Å². The summed E-state index contributed by atoms with van der Waals surface area (Å²) in [5.41, 5.74) is -0.0603. The van der Waals surface area contributed by atoms with Crippen molar-refractivity contribution in [2.45, 2.75) is 51.4 Å². The fourth-order valence-corrected chi connectivity index (χ4v) is 1.70. The SMILES string of the molecule is CC(C)=CCC[C@@]1(C)N=C(C(F)(F)F)OC[C@@H]1O. The van der Waals surface area contributed by atoms with Crippen LogP contribution in [0.25, 0.3) is 0 Å². The van der Waals surface area contributed by atoms with Gasteiger partial charge in [0.05, 0.1) is 5.54 Å². The van der Waals surface area contributed by atoms with E-state index in [1.165, 1.54) is 6.92 Å². The van der Waals surface area contributed by atoms with Crippen LogP contribution in [0.3, 0.4) is 0 Å². The molecule has 104 valence electrons. The number of rotatable bonds is 3. The molecule has 2 atom stereocenters. The molecule has 0 saturated heterocycles. The maximum atomic E-state index is 12.5. The van der Waals surface area contributed by atoms with E-state index in [0.717, 1.165) is 5.57 Å². The summed E-state index contributed by atoms with van der Waals surface area (Å²) in [6, 6.07) is 0. The van der Waals surface area contributed by atoms with Crippen LogP contribution in [0, 0.1) is 0 Å². The number of aliphatic imine (C=N–C) groups is 1. The molecule has 1 heterocycles. The second kappa shape index (κ2) is 5.30. The summed E-state index contributed by atoms with van der Waals surface area (Å²) in [6.45, 7) is 4.97. The van der Waals surface area contributed by atoms with Crippen molar-refractivity contribution in [3.63, 3.8) is 0 Å². The van der Waals surface area contributed by atoms with Crippen LogP contribution < -0.4 is 0 Å². The molecule has 0 unspecified atom stereocenters. The highest BCUT2D eigenvalue weighted by Crippen LogP contribution is 2.31. The average Bonchev–Trinajstić information content (AvgIpc) is 2.20. The average molecular weight is 265 g/mol. The predicted molar refractivity (Wildman–Crippen MR) is 62.5 cm³/mol. The van der Waals surface area contributed by atoms with Crippen LogP contribution in [0.4, 0.5) is 13.2 Å². The van der Waals surface area contributed by atoms with Crippen LogP contribution in [0.2, 0.25) is 0 Å². The lowest BCUT2D eigenvalue weighted by Crippen LogP contribution is -2.48. The summed E-state index contributed by atoms with van der Waals surface area (Å²) in [4.78, 5) is 3.55. The number of allylic oxidation sites excluding steroid dienone is 2. The van der Waals surface area contributed by atoms with E-state index in [9.17, 15) is 18.3 Å². The number of aliphatic hydroxyl groups excluding tert-OH is 1. The van der Waals surface area contributed by atoms with Gasteiger partial charge in [-0.1, -0.05) is 11.6 Å². The van der Waals surface area contributed by atoms with Gasteiger partial charge < -0.3 is 9.84 Å². The monoisotopic (exact) mass is 265 g/mol. The first-order chi connectivity index (χ1) is 8.15. The Balaban J connectivity index is 2.85. The molecule has 1 N–H and O–H groups in total. The molecular formula is C12H18F3NO2. The highest BCUT2D eigenvalue weighted by molar-refractivity contribution is 5.82. The second-order valence-electron chi connectivity index (χ2n) is 4.92. The Morgan fingerprint density at radius 1 is 1.56 bits per heavy atom. The summed E-state index contributed by atoms with van der Waals surface area (Å²) in [5.74, 6) is -1.24. The molecule has 3 nitrogen and oxygen atoms in total. The molecule has 0 aliphatic carbocycles. The van der Waals surface area contributed by atoms with Crippen LogP contribution in [0.1, 0.15) is 33.6 Å². The Hall–Kier alpha value is -1.04. The summed E-state index contributed by atoms with van der Waals surface area (Å²) in [7, 11) is 0. The standard InChI is InChI=1S/C12H18F3NO2/c1-8(2)5-4-6-11(3)9(17)7-18-10(16-11)12(13,14)15/h5,9,17H,4,6-7H2,1-3H3/t9-,11+/m0/s1. The van der Waals surface area contributed by atoms with Gasteiger partial charge in [0.1, 0.15) is 12.7 Å². The van der Waals surface area contributed by atoms with Crippen molar-refractivity contribution in [3.8, 4) is 0 Å². The molecule has 6 heteroatoms. The van der Waals surface area contributed by atoms with Gasteiger partial charge in [0.2, 0.25) is 0 Å². The van der Waals surface area contributed by atoms with Gasteiger partial charge in [-0.2, -0.15) is 13.2 Å². The van der Waals surface area contributed by atoms with Gasteiger partial charge in [0.25, 0.3) is 5.90 Å². The molecule has 0 saturated carbocycles. The summed E-state index contributed by atoms with van der Waals surface area (Å²) in [6.07, 6.45) is -2.78. The smallest absolute Gasteiger partial charge is 0.468 e. The Morgan fingerprint density at radius 2 is 2.17 bits per heavy atom. The maximum Gasteiger partial charge on any atom is 0.468 e. The van der Waals surface area contributed by atoms with Crippen molar-refractivity contribution in [2.24, 2.45) is 4.99 Å². The highest BCUT2D eigenvalue weighted by Gasteiger charge is 2.46. The minimum absolute atomic E-state index is 0.349. The van der Waals surface area contributed by atoms with Crippen LogP contribution >= 0.6 is 0 Å². The number of hydrogen-bond acceptors (Lipinski definition) is 3. The lowest BCUT2D eigenvalue weighted by atomic mass is 9.89. The van der Waals surface area contributed by atoms with Crippen molar-refractivity contribution in [2.75, 3.05) is 6.61 Å². The number of alkyl halides is 3. The summed E-state index contributed by atoms with van der Waals surface area (Å²) < 4.78 is 42.0. The number of aliphatic hydroxyl groups is 1. The molecule has 0 aromatic rings. The molecule has 0 radical (unpaired) electrons. The molecule has 0 spiro atoms. The molecule has 0 aromatic heterocycles. The first-order valence-corrected chi connectivity index (χ1v) is 5.76. The Kier molecular flexibility index (Phi) is 4.42. The Labute approximate surface area is 104 Å². The minimum atomic E-state index is -4.60. The maximum absolute atomic E-state index is 12.5. The molecule has 0 fully saturated rings. The van der Waals surface area contributed by atoms with Crippen molar-refractivity contribution in [1.82, 2.24) is 0 Å². The quantitative estimate of drug-likeness (QED) is 0.797. The van der Waals surface area contributed by atoms with E-state index in [-0.39, 0.29) is 6.61 Å². The number of ether oxygens (including phenoxy) is 1. The number of nitrogens with zero attached hydrogens (tertiary/aromatic N) is 1. The molecule has 1 aliphatic heterocycles.